The lowest BCUT2D eigenvalue weighted by Crippen LogP contribution is -2.56. The van der Waals surface area contributed by atoms with Gasteiger partial charge in [0.1, 0.15) is 18.4 Å². The fourth-order valence-electron chi connectivity index (χ4n) is 2.99. The van der Waals surface area contributed by atoms with Crippen molar-refractivity contribution in [3.8, 4) is 17.5 Å². The van der Waals surface area contributed by atoms with Crippen molar-refractivity contribution in [1.29, 1.82) is 5.26 Å². The maximum Gasteiger partial charge on any atom is 0.359 e. The molecule has 2 aromatic carbocycles. The number of para-hydroxylation sites is 1. The summed E-state index contributed by atoms with van der Waals surface area (Å²) in [5.74, 6) is -2.42. The van der Waals surface area contributed by atoms with Gasteiger partial charge in [-0.2, -0.15) is 9.94 Å². The van der Waals surface area contributed by atoms with Crippen LogP contribution in [0.4, 0.5) is 5.69 Å². The highest BCUT2D eigenvalue weighted by atomic mass is 35.6. The molecule has 0 aliphatic carbocycles. The van der Waals surface area contributed by atoms with Crippen LogP contribution in [0.15, 0.2) is 64.2 Å². The average molecular weight is 541 g/mol. The van der Waals surface area contributed by atoms with E-state index in [0.717, 1.165) is 0 Å². The fraction of sp³-hybridized carbons (Fsp3) is 0.190. The smallest absolute Gasteiger partial charge is 0.359 e. The molecule has 0 spiro atoms. The van der Waals surface area contributed by atoms with Crippen LogP contribution in [0.3, 0.4) is 0 Å². The van der Waals surface area contributed by atoms with Crippen LogP contribution in [-0.2, 0) is 19.9 Å². The van der Waals surface area contributed by atoms with Crippen LogP contribution in [0, 0.1) is 11.3 Å². The predicted octanol–water partition coefficient (Wildman–Crippen LogP) is 2.11. The zero-order valence-corrected chi connectivity index (χ0v) is 20.1. The number of nitrogens with zero attached hydrogens (tertiary/aromatic N) is 3. The third kappa shape index (κ3) is 5.35. The molecule has 1 amide bonds. The highest BCUT2D eigenvalue weighted by Crippen LogP contribution is 2.28. The number of aromatic amines is 1. The van der Waals surface area contributed by atoms with Crippen LogP contribution < -0.4 is 21.4 Å². The summed E-state index contributed by atoms with van der Waals surface area (Å²) in [6, 6.07) is 15.0. The lowest BCUT2D eigenvalue weighted by atomic mass is 10.0. The predicted molar refractivity (Wildman–Crippen MR) is 127 cm³/mol. The van der Waals surface area contributed by atoms with Crippen molar-refractivity contribution in [1.82, 2.24) is 14.3 Å². The van der Waals surface area contributed by atoms with Gasteiger partial charge in [0.2, 0.25) is 3.79 Å². The Morgan fingerprint density at radius 3 is 2.26 bits per heavy atom. The normalized spacial score (nSPS) is 12.8. The largest absolute Gasteiger partial charge is 0.497 e. The standard InChI is InChI=1S/C21H16Cl3N5O6/c1-34-15-9-7-13(8-10-15)26-16(30)20(11-25,17(31)35-12-21(22,23)24)29-19(33)28(18(32)27-29)14-5-3-2-4-6-14/h2-10H,12H2,1H3,(H,26,30)(H,27,32). The van der Waals surface area contributed by atoms with Gasteiger partial charge in [0.15, 0.2) is 0 Å². The van der Waals surface area contributed by atoms with Gasteiger partial charge in [0.05, 0.1) is 12.8 Å². The second-order valence-electron chi connectivity index (χ2n) is 6.90. The minimum absolute atomic E-state index is 0.120. The number of methoxy groups -OCH3 is 1. The van der Waals surface area contributed by atoms with E-state index in [9.17, 15) is 24.4 Å². The van der Waals surface area contributed by atoms with E-state index in [0.29, 0.717) is 10.3 Å². The van der Waals surface area contributed by atoms with Gasteiger partial charge in [0.25, 0.3) is 5.91 Å². The molecule has 3 rings (SSSR count). The number of hydrogen-bond acceptors (Lipinski definition) is 7. The number of halogens is 3. The molecule has 2 N–H and O–H groups in total. The number of nitriles is 1. The molecule has 1 heterocycles. The summed E-state index contributed by atoms with van der Waals surface area (Å²) >= 11 is 16.9. The Bertz CT molecular complexity index is 1390. The molecule has 1 atom stereocenters. The van der Waals surface area contributed by atoms with E-state index in [1.165, 1.54) is 49.6 Å². The lowest BCUT2D eigenvalue weighted by Gasteiger charge is -2.24. The molecule has 14 heteroatoms. The average Bonchev–Trinajstić information content (AvgIpc) is 3.13. The number of rotatable bonds is 7. The molecular formula is C21H16Cl3N5O6. The molecule has 0 radical (unpaired) electrons. The molecule has 1 unspecified atom stereocenters. The molecule has 0 saturated heterocycles. The summed E-state index contributed by atoms with van der Waals surface area (Å²) in [5, 5.41) is 14.5. The number of benzene rings is 2. The summed E-state index contributed by atoms with van der Waals surface area (Å²) in [5.41, 5.74) is -4.99. The lowest BCUT2D eigenvalue weighted by molar-refractivity contribution is -0.155. The Morgan fingerprint density at radius 1 is 1.09 bits per heavy atom. The number of hydrogen-bond donors (Lipinski definition) is 2. The maximum absolute atomic E-state index is 13.3. The van der Waals surface area contributed by atoms with Crippen LogP contribution in [-0.4, -0.2) is 43.7 Å². The number of nitrogens with one attached hydrogen (secondary N) is 2. The summed E-state index contributed by atoms with van der Waals surface area (Å²) < 4.78 is 8.75. The van der Waals surface area contributed by atoms with Crippen LogP contribution in [0.2, 0.25) is 0 Å². The van der Waals surface area contributed by atoms with Gasteiger partial charge < -0.3 is 14.8 Å². The van der Waals surface area contributed by atoms with Crippen LogP contribution in [0.1, 0.15) is 0 Å². The SMILES string of the molecule is COc1ccc(NC(=O)C(C#N)(C(=O)OCC(Cl)(Cl)Cl)n2[nH]c(=O)n(-c3ccccc3)c2=O)cc1. The van der Waals surface area contributed by atoms with Gasteiger partial charge in [0, 0.05) is 5.69 Å². The summed E-state index contributed by atoms with van der Waals surface area (Å²) in [7, 11) is 1.44. The van der Waals surface area contributed by atoms with E-state index >= 15 is 0 Å². The topological polar surface area (TPSA) is 148 Å². The van der Waals surface area contributed by atoms with Crippen molar-refractivity contribution >= 4 is 52.4 Å². The molecule has 0 aliphatic rings. The van der Waals surface area contributed by atoms with Gasteiger partial charge in [-0.05, 0) is 36.4 Å². The van der Waals surface area contributed by atoms with Gasteiger partial charge in [-0.25, -0.2) is 24.0 Å². The molecular weight excluding hydrogens is 525 g/mol. The number of esters is 1. The minimum atomic E-state index is -3.04. The van der Waals surface area contributed by atoms with Crippen molar-refractivity contribution in [2.75, 3.05) is 19.0 Å². The second kappa shape index (κ2) is 10.3. The van der Waals surface area contributed by atoms with Gasteiger partial charge in [-0.1, -0.05) is 53.0 Å². The van der Waals surface area contributed by atoms with E-state index in [4.69, 9.17) is 44.3 Å². The van der Waals surface area contributed by atoms with Crippen LogP contribution in [0.25, 0.3) is 5.69 Å². The Hall–Kier alpha value is -3.72. The minimum Gasteiger partial charge on any atom is -0.497 e. The maximum atomic E-state index is 13.3. The monoisotopic (exact) mass is 539 g/mol. The fourth-order valence-corrected chi connectivity index (χ4v) is 3.16. The molecule has 1 aromatic heterocycles. The van der Waals surface area contributed by atoms with Crippen LogP contribution >= 0.6 is 34.8 Å². The number of ether oxygens (including phenoxy) is 2. The number of H-pyrrole nitrogens is 1. The first-order valence-corrected chi connectivity index (χ1v) is 10.8. The Balaban J connectivity index is 2.15. The zero-order chi connectivity index (χ0) is 25.8. The zero-order valence-electron chi connectivity index (χ0n) is 17.8. The van der Waals surface area contributed by atoms with E-state index in [2.05, 4.69) is 10.4 Å². The third-order valence-electron chi connectivity index (χ3n) is 4.64. The van der Waals surface area contributed by atoms with Crippen molar-refractivity contribution in [2.45, 2.75) is 9.33 Å². The van der Waals surface area contributed by atoms with Crippen molar-refractivity contribution in [3.63, 3.8) is 0 Å². The first kappa shape index (κ1) is 25.9. The Morgan fingerprint density at radius 2 is 1.71 bits per heavy atom. The van der Waals surface area contributed by atoms with Crippen LogP contribution in [0.5, 0.6) is 5.75 Å². The summed E-state index contributed by atoms with van der Waals surface area (Å²) in [6.45, 7) is -0.853. The number of alkyl halides is 3. The molecule has 11 nitrogen and oxygen atoms in total. The van der Waals surface area contributed by atoms with E-state index < -0.39 is 39.2 Å². The van der Waals surface area contributed by atoms with Crippen molar-refractivity contribution in [3.05, 3.63) is 75.6 Å². The number of amides is 1. The first-order valence-electron chi connectivity index (χ1n) is 9.64. The summed E-state index contributed by atoms with van der Waals surface area (Å²) in [4.78, 5) is 52.3. The molecule has 0 fully saturated rings. The number of aromatic nitrogens is 3. The highest BCUT2D eigenvalue weighted by molar-refractivity contribution is 6.67. The number of anilines is 1. The van der Waals surface area contributed by atoms with Gasteiger partial charge in [-0.3, -0.25) is 4.79 Å². The molecule has 35 heavy (non-hydrogen) atoms. The van der Waals surface area contributed by atoms with Gasteiger partial charge >= 0.3 is 22.9 Å². The first-order chi connectivity index (χ1) is 16.5. The van der Waals surface area contributed by atoms with Crippen molar-refractivity contribution in [2.24, 2.45) is 0 Å². The van der Waals surface area contributed by atoms with Crippen molar-refractivity contribution < 1.29 is 19.1 Å². The quantitative estimate of drug-likeness (QED) is 0.265. The van der Waals surface area contributed by atoms with Gasteiger partial charge in [-0.15, -0.1) is 0 Å². The van der Waals surface area contributed by atoms with E-state index in [1.54, 1.807) is 18.2 Å². The number of carbonyl (C=O) groups is 2. The highest BCUT2D eigenvalue weighted by Gasteiger charge is 2.53. The Labute approximate surface area is 212 Å². The van der Waals surface area contributed by atoms with E-state index in [-0.39, 0.29) is 16.1 Å². The number of carbonyl (C=O) groups excluding carboxylic acids is 2. The third-order valence-corrected chi connectivity index (χ3v) is 4.97. The van der Waals surface area contributed by atoms with E-state index in [1.807, 2.05) is 0 Å². The summed E-state index contributed by atoms with van der Waals surface area (Å²) in [6.07, 6.45) is 0. The molecule has 182 valence electrons. The second-order valence-corrected chi connectivity index (χ2v) is 9.42. The molecule has 0 aliphatic heterocycles. The molecule has 0 saturated carbocycles. The molecule has 3 aromatic rings. The Kier molecular flexibility index (Phi) is 7.60. The molecule has 0 bridgehead atoms.